The zero-order valence-electron chi connectivity index (χ0n) is 14.0. The molecule has 3 heterocycles. The van der Waals surface area contributed by atoms with E-state index in [1.807, 2.05) is 6.92 Å². The van der Waals surface area contributed by atoms with Crippen molar-refractivity contribution in [1.82, 2.24) is 15.3 Å². The van der Waals surface area contributed by atoms with Crippen LogP contribution in [0.25, 0.3) is 10.2 Å². The van der Waals surface area contributed by atoms with E-state index >= 15 is 0 Å². The summed E-state index contributed by atoms with van der Waals surface area (Å²) < 4.78 is 0.894. The van der Waals surface area contributed by atoms with Gasteiger partial charge in [0.15, 0.2) is 0 Å². The van der Waals surface area contributed by atoms with Crippen molar-refractivity contribution in [2.45, 2.75) is 26.2 Å². The number of nitrogens with zero attached hydrogens (tertiary/aromatic N) is 3. The van der Waals surface area contributed by atoms with Crippen LogP contribution in [0.1, 0.15) is 34.8 Å². The summed E-state index contributed by atoms with van der Waals surface area (Å²) >= 11 is 1.34. The van der Waals surface area contributed by atoms with Crippen molar-refractivity contribution in [1.29, 1.82) is 0 Å². The molecular formula is C16H21N5O3S. The fourth-order valence-corrected chi connectivity index (χ4v) is 4.15. The van der Waals surface area contributed by atoms with Gasteiger partial charge in [0, 0.05) is 19.6 Å². The van der Waals surface area contributed by atoms with Gasteiger partial charge in [0.2, 0.25) is 0 Å². The van der Waals surface area contributed by atoms with Crippen molar-refractivity contribution in [2.24, 2.45) is 11.7 Å². The average Bonchev–Trinajstić information content (AvgIpc) is 2.98. The van der Waals surface area contributed by atoms with Crippen LogP contribution < -0.4 is 16.0 Å². The molecule has 2 aromatic heterocycles. The lowest BCUT2D eigenvalue weighted by Crippen LogP contribution is -2.35. The quantitative estimate of drug-likeness (QED) is 0.747. The topological polar surface area (TPSA) is 121 Å². The van der Waals surface area contributed by atoms with Gasteiger partial charge in [-0.25, -0.2) is 14.8 Å². The maximum Gasteiger partial charge on any atom is 0.404 e. The second-order valence-electron chi connectivity index (χ2n) is 6.23. The minimum absolute atomic E-state index is 0.448. The van der Waals surface area contributed by atoms with E-state index in [0.29, 0.717) is 23.2 Å². The molecule has 134 valence electrons. The molecule has 0 unspecified atom stereocenters. The molecule has 1 aliphatic rings. The Morgan fingerprint density at radius 3 is 2.76 bits per heavy atom. The third kappa shape index (κ3) is 3.98. The van der Waals surface area contributed by atoms with Crippen LogP contribution in [0.3, 0.4) is 0 Å². The molecule has 0 radical (unpaired) electrons. The van der Waals surface area contributed by atoms with Crippen molar-refractivity contribution < 1.29 is 14.7 Å². The van der Waals surface area contributed by atoms with Crippen molar-refractivity contribution in [3.05, 3.63) is 16.8 Å². The van der Waals surface area contributed by atoms with Gasteiger partial charge in [0.25, 0.3) is 5.91 Å². The van der Waals surface area contributed by atoms with Crippen LogP contribution in [0.15, 0.2) is 6.07 Å². The number of primary amides is 1. The highest BCUT2D eigenvalue weighted by molar-refractivity contribution is 7.21. The first kappa shape index (κ1) is 17.4. The Bertz CT molecular complexity index is 798. The van der Waals surface area contributed by atoms with E-state index in [2.05, 4.69) is 20.2 Å². The lowest BCUT2D eigenvalue weighted by atomic mass is 9.93. The maximum absolute atomic E-state index is 11.5. The van der Waals surface area contributed by atoms with Gasteiger partial charge in [-0.05, 0) is 38.2 Å². The van der Waals surface area contributed by atoms with Gasteiger partial charge in [-0.3, -0.25) is 4.79 Å². The summed E-state index contributed by atoms with van der Waals surface area (Å²) in [6.45, 7) is 4.04. The summed E-state index contributed by atoms with van der Waals surface area (Å²) in [6, 6.07) is 1.73. The van der Waals surface area contributed by atoms with Crippen LogP contribution in [0.2, 0.25) is 0 Å². The first-order chi connectivity index (χ1) is 11.9. The van der Waals surface area contributed by atoms with Gasteiger partial charge >= 0.3 is 6.09 Å². The zero-order chi connectivity index (χ0) is 18.0. The van der Waals surface area contributed by atoms with Crippen molar-refractivity contribution >= 4 is 39.4 Å². The van der Waals surface area contributed by atoms with E-state index in [1.165, 1.54) is 11.3 Å². The van der Waals surface area contributed by atoms with Crippen LogP contribution in [-0.4, -0.2) is 46.7 Å². The van der Waals surface area contributed by atoms with Crippen molar-refractivity contribution in [3.63, 3.8) is 0 Å². The molecule has 3 rings (SSSR count). The Labute approximate surface area is 149 Å². The number of hydrogen-bond donors (Lipinski definition) is 3. The Morgan fingerprint density at radius 1 is 1.40 bits per heavy atom. The number of carbonyl (C=O) groups is 2. The number of hydrogen-bond acceptors (Lipinski definition) is 6. The molecule has 0 aliphatic carbocycles. The Balaban J connectivity index is 1.72. The number of nitrogens with two attached hydrogens (primary N) is 1. The van der Waals surface area contributed by atoms with E-state index in [0.717, 1.165) is 48.4 Å². The Morgan fingerprint density at radius 2 is 2.12 bits per heavy atom. The number of amides is 2. The normalized spacial score (nSPS) is 15.5. The standard InChI is InChI=1S/C16H21N5O3S/c1-9-19-11-8-12(14(17)22)25-13(11)15(20-9)21-6-3-10(4-7-21)2-5-18-16(23)24/h8,10,18H,2-7H2,1H3,(H2,17,22)(H,23,24). The summed E-state index contributed by atoms with van der Waals surface area (Å²) in [5, 5.41) is 11.1. The van der Waals surface area contributed by atoms with E-state index in [4.69, 9.17) is 10.8 Å². The lowest BCUT2D eigenvalue weighted by Gasteiger charge is -2.33. The number of carboxylic acid groups (broad SMARTS) is 1. The molecule has 0 saturated carbocycles. The third-order valence-corrected chi connectivity index (χ3v) is 5.59. The predicted octanol–water partition coefficient (Wildman–Crippen LogP) is 1.97. The van der Waals surface area contributed by atoms with E-state index in [-0.39, 0.29) is 0 Å². The van der Waals surface area contributed by atoms with Gasteiger partial charge < -0.3 is 21.1 Å². The molecule has 2 aromatic rings. The van der Waals surface area contributed by atoms with Crippen molar-refractivity contribution in [3.8, 4) is 0 Å². The minimum Gasteiger partial charge on any atom is -0.465 e. The van der Waals surface area contributed by atoms with E-state index in [1.54, 1.807) is 6.07 Å². The zero-order valence-corrected chi connectivity index (χ0v) is 14.8. The van der Waals surface area contributed by atoms with Crippen LogP contribution in [0, 0.1) is 12.8 Å². The van der Waals surface area contributed by atoms with Gasteiger partial charge in [-0.2, -0.15) is 0 Å². The molecule has 25 heavy (non-hydrogen) atoms. The van der Waals surface area contributed by atoms with Crippen LogP contribution >= 0.6 is 11.3 Å². The SMILES string of the molecule is Cc1nc(N2CCC(CCNC(=O)O)CC2)c2sc(C(N)=O)cc2n1. The average molecular weight is 363 g/mol. The van der Waals surface area contributed by atoms with Crippen LogP contribution in [-0.2, 0) is 0 Å². The highest BCUT2D eigenvalue weighted by Gasteiger charge is 2.23. The predicted molar refractivity (Wildman–Crippen MR) is 96.3 cm³/mol. The molecule has 2 amide bonds. The smallest absolute Gasteiger partial charge is 0.404 e. The van der Waals surface area contributed by atoms with Gasteiger partial charge in [0.05, 0.1) is 15.1 Å². The van der Waals surface area contributed by atoms with Crippen molar-refractivity contribution in [2.75, 3.05) is 24.5 Å². The second kappa shape index (κ2) is 7.22. The molecule has 4 N–H and O–H groups in total. The minimum atomic E-state index is -0.973. The number of anilines is 1. The third-order valence-electron chi connectivity index (χ3n) is 4.45. The van der Waals surface area contributed by atoms with Crippen LogP contribution in [0.4, 0.5) is 10.6 Å². The summed E-state index contributed by atoms with van der Waals surface area (Å²) in [6.07, 6.45) is 1.85. The number of nitrogens with one attached hydrogen (secondary N) is 1. The van der Waals surface area contributed by atoms with Gasteiger partial charge in [-0.1, -0.05) is 0 Å². The van der Waals surface area contributed by atoms with Crippen LogP contribution in [0.5, 0.6) is 0 Å². The molecule has 1 aliphatic heterocycles. The number of fused-ring (bicyclic) bond motifs is 1. The number of aromatic nitrogens is 2. The Hall–Kier alpha value is -2.42. The fraction of sp³-hybridized carbons (Fsp3) is 0.500. The molecule has 9 heteroatoms. The highest BCUT2D eigenvalue weighted by atomic mass is 32.1. The first-order valence-electron chi connectivity index (χ1n) is 8.23. The molecule has 0 aromatic carbocycles. The maximum atomic E-state index is 11.5. The van der Waals surface area contributed by atoms with Gasteiger partial charge in [0.1, 0.15) is 11.6 Å². The summed E-state index contributed by atoms with van der Waals surface area (Å²) in [4.78, 5) is 33.7. The number of piperidine rings is 1. The first-order valence-corrected chi connectivity index (χ1v) is 9.05. The van der Waals surface area contributed by atoms with E-state index < -0.39 is 12.0 Å². The molecule has 0 spiro atoms. The molecule has 8 nitrogen and oxygen atoms in total. The second-order valence-corrected chi connectivity index (χ2v) is 7.29. The Kier molecular flexibility index (Phi) is 5.03. The number of rotatable bonds is 5. The number of aryl methyl sites for hydroxylation is 1. The molecular weight excluding hydrogens is 342 g/mol. The molecule has 1 fully saturated rings. The van der Waals surface area contributed by atoms with Gasteiger partial charge in [-0.15, -0.1) is 11.3 Å². The summed E-state index contributed by atoms with van der Waals surface area (Å²) in [5.41, 5.74) is 6.15. The fourth-order valence-electron chi connectivity index (χ4n) is 3.18. The number of carbonyl (C=O) groups excluding carboxylic acids is 1. The van der Waals surface area contributed by atoms with E-state index in [9.17, 15) is 9.59 Å². The monoisotopic (exact) mass is 363 g/mol. The molecule has 0 atom stereocenters. The summed E-state index contributed by atoms with van der Waals surface area (Å²) in [5.74, 6) is 1.59. The lowest BCUT2D eigenvalue weighted by molar-refractivity contribution is 0.100. The summed E-state index contributed by atoms with van der Waals surface area (Å²) in [7, 11) is 0. The number of thiophene rings is 1. The molecule has 0 bridgehead atoms. The molecule has 1 saturated heterocycles. The largest absolute Gasteiger partial charge is 0.465 e. The highest BCUT2D eigenvalue weighted by Crippen LogP contribution is 2.34.